The standard InChI is InChI=1S/C24H28N2O6/c1-24(2,3)32-23(30)26-15(12-21(27)28)13-25-22(29)31-14-20-18-10-6-4-8-16(18)17-9-5-7-11-19(17)20/h4-11,15,20H,12-14H2,1-3H3,(H,25,29)(H,26,30)(H,27,28). The van der Waals surface area contributed by atoms with Crippen LogP contribution in [0.1, 0.15) is 44.2 Å². The van der Waals surface area contributed by atoms with Crippen LogP contribution in [0.5, 0.6) is 0 Å². The van der Waals surface area contributed by atoms with E-state index in [0.29, 0.717) is 0 Å². The molecule has 2 aromatic carbocycles. The second-order valence-corrected chi connectivity index (χ2v) is 8.65. The minimum Gasteiger partial charge on any atom is -0.481 e. The Balaban J connectivity index is 1.57. The average Bonchev–Trinajstić information content (AvgIpc) is 3.02. The minimum atomic E-state index is -1.11. The van der Waals surface area contributed by atoms with Crippen LogP contribution in [0.3, 0.4) is 0 Å². The molecule has 0 radical (unpaired) electrons. The average molecular weight is 440 g/mol. The van der Waals surface area contributed by atoms with Gasteiger partial charge in [-0.2, -0.15) is 0 Å². The predicted molar refractivity (Wildman–Crippen MR) is 118 cm³/mol. The number of hydrogen-bond donors (Lipinski definition) is 3. The number of carbonyl (C=O) groups is 3. The van der Waals surface area contributed by atoms with Crippen LogP contribution in [0.4, 0.5) is 9.59 Å². The van der Waals surface area contributed by atoms with E-state index in [1.807, 2.05) is 48.5 Å². The van der Waals surface area contributed by atoms with Gasteiger partial charge in [0.2, 0.25) is 0 Å². The monoisotopic (exact) mass is 440 g/mol. The second-order valence-electron chi connectivity index (χ2n) is 8.65. The highest BCUT2D eigenvalue weighted by molar-refractivity contribution is 5.79. The molecule has 1 atom stereocenters. The van der Waals surface area contributed by atoms with Crippen LogP contribution < -0.4 is 10.6 Å². The Morgan fingerprint density at radius 1 is 0.969 bits per heavy atom. The molecule has 1 aliphatic rings. The maximum Gasteiger partial charge on any atom is 0.407 e. The van der Waals surface area contributed by atoms with Crippen molar-refractivity contribution in [3.8, 4) is 11.1 Å². The lowest BCUT2D eigenvalue weighted by Gasteiger charge is -2.23. The molecule has 0 spiro atoms. The highest BCUT2D eigenvalue weighted by atomic mass is 16.6. The van der Waals surface area contributed by atoms with Crippen molar-refractivity contribution in [3.63, 3.8) is 0 Å². The van der Waals surface area contributed by atoms with Gasteiger partial charge < -0.3 is 25.2 Å². The Morgan fingerprint density at radius 3 is 2.06 bits per heavy atom. The number of hydrogen-bond acceptors (Lipinski definition) is 5. The summed E-state index contributed by atoms with van der Waals surface area (Å²) in [4.78, 5) is 35.4. The molecule has 1 aliphatic carbocycles. The first-order chi connectivity index (χ1) is 15.1. The van der Waals surface area contributed by atoms with Gasteiger partial charge in [0.25, 0.3) is 0 Å². The second kappa shape index (κ2) is 9.72. The fourth-order valence-corrected chi connectivity index (χ4v) is 3.72. The summed E-state index contributed by atoms with van der Waals surface area (Å²) in [5.74, 6) is -1.19. The molecular formula is C24H28N2O6. The summed E-state index contributed by atoms with van der Waals surface area (Å²) in [6.45, 7) is 5.14. The Morgan fingerprint density at radius 2 is 1.53 bits per heavy atom. The Hall–Kier alpha value is -3.55. The highest BCUT2D eigenvalue weighted by Gasteiger charge is 2.29. The number of ether oxygens (including phenoxy) is 2. The van der Waals surface area contributed by atoms with Crippen LogP contribution in [-0.4, -0.2) is 48.1 Å². The first-order valence-corrected chi connectivity index (χ1v) is 10.4. The molecule has 3 rings (SSSR count). The molecule has 8 nitrogen and oxygen atoms in total. The first-order valence-electron chi connectivity index (χ1n) is 10.4. The molecule has 2 aromatic rings. The lowest BCUT2D eigenvalue weighted by atomic mass is 9.98. The van der Waals surface area contributed by atoms with Crippen molar-refractivity contribution >= 4 is 18.2 Å². The zero-order valence-corrected chi connectivity index (χ0v) is 18.4. The van der Waals surface area contributed by atoms with E-state index in [9.17, 15) is 14.4 Å². The highest BCUT2D eigenvalue weighted by Crippen LogP contribution is 2.44. The molecule has 0 aliphatic heterocycles. The third kappa shape index (κ3) is 6.00. The molecule has 32 heavy (non-hydrogen) atoms. The number of carboxylic acids is 1. The summed E-state index contributed by atoms with van der Waals surface area (Å²) in [6.07, 6.45) is -1.81. The largest absolute Gasteiger partial charge is 0.481 e. The number of nitrogens with one attached hydrogen (secondary N) is 2. The van der Waals surface area contributed by atoms with Crippen LogP contribution in [0.25, 0.3) is 11.1 Å². The molecule has 1 unspecified atom stereocenters. The third-order valence-corrected chi connectivity index (χ3v) is 4.98. The summed E-state index contributed by atoms with van der Waals surface area (Å²) in [6, 6.07) is 15.2. The lowest BCUT2D eigenvalue weighted by molar-refractivity contribution is -0.137. The zero-order valence-electron chi connectivity index (χ0n) is 18.4. The number of carbonyl (C=O) groups excluding carboxylic acids is 2. The smallest absolute Gasteiger partial charge is 0.407 e. The Kier molecular flexibility index (Phi) is 7.02. The molecular weight excluding hydrogens is 412 g/mol. The maximum atomic E-state index is 12.3. The summed E-state index contributed by atoms with van der Waals surface area (Å²) in [7, 11) is 0. The van der Waals surface area contributed by atoms with Crippen LogP contribution in [-0.2, 0) is 14.3 Å². The van der Waals surface area contributed by atoms with E-state index in [0.717, 1.165) is 22.3 Å². The van der Waals surface area contributed by atoms with E-state index in [2.05, 4.69) is 10.6 Å². The molecule has 0 fully saturated rings. The quantitative estimate of drug-likeness (QED) is 0.602. The van der Waals surface area contributed by atoms with Crippen molar-refractivity contribution in [1.82, 2.24) is 10.6 Å². The van der Waals surface area contributed by atoms with E-state index >= 15 is 0 Å². The molecule has 2 amide bonds. The predicted octanol–water partition coefficient (Wildman–Crippen LogP) is 3.89. The fourth-order valence-electron chi connectivity index (χ4n) is 3.72. The number of fused-ring (bicyclic) bond motifs is 3. The van der Waals surface area contributed by atoms with Gasteiger partial charge in [0.1, 0.15) is 12.2 Å². The van der Waals surface area contributed by atoms with Gasteiger partial charge in [0.15, 0.2) is 0 Å². The van der Waals surface area contributed by atoms with Crippen LogP contribution in [0.2, 0.25) is 0 Å². The number of benzene rings is 2. The summed E-state index contributed by atoms with van der Waals surface area (Å²) in [5, 5.41) is 14.1. The summed E-state index contributed by atoms with van der Waals surface area (Å²) < 4.78 is 10.6. The van der Waals surface area contributed by atoms with E-state index in [-0.39, 0.29) is 25.5 Å². The van der Waals surface area contributed by atoms with Gasteiger partial charge in [0.05, 0.1) is 12.5 Å². The summed E-state index contributed by atoms with van der Waals surface area (Å²) >= 11 is 0. The Labute approximate surface area is 186 Å². The molecule has 170 valence electrons. The van der Waals surface area contributed by atoms with Crippen molar-refractivity contribution in [2.45, 2.75) is 44.8 Å². The number of aliphatic carboxylic acids is 1. The number of carboxylic acid groups (broad SMARTS) is 1. The van der Waals surface area contributed by atoms with Crippen molar-refractivity contribution in [1.29, 1.82) is 0 Å². The van der Waals surface area contributed by atoms with Gasteiger partial charge in [-0.25, -0.2) is 9.59 Å². The molecule has 0 heterocycles. The van der Waals surface area contributed by atoms with Gasteiger partial charge >= 0.3 is 18.2 Å². The van der Waals surface area contributed by atoms with Crippen LogP contribution in [0, 0.1) is 0 Å². The van der Waals surface area contributed by atoms with Crippen LogP contribution in [0.15, 0.2) is 48.5 Å². The molecule has 0 saturated heterocycles. The zero-order chi connectivity index (χ0) is 23.3. The van der Waals surface area contributed by atoms with Gasteiger partial charge in [-0.3, -0.25) is 4.79 Å². The fraction of sp³-hybridized carbons (Fsp3) is 0.375. The lowest BCUT2D eigenvalue weighted by Crippen LogP contribution is -2.46. The van der Waals surface area contributed by atoms with E-state index in [1.54, 1.807) is 20.8 Å². The molecule has 3 N–H and O–H groups in total. The molecule has 0 bridgehead atoms. The van der Waals surface area contributed by atoms with Crippen molar-refractivity contribution < 1.29 is 29.0 Å². The topological polar surface area (TPSA) is 114 Å². The van der Waals surface area contributed by atoms with Crippen molar-refractivity contribution in [2.24, 2.45) is 0 Å². The normalized spacial score (nSPS) is 13.5. The SMILES string of the molecule is CC(C)(C)OC(=O)NC(CNC(=O)OCC1c2ccccc2-c2ccccc21)CC(=O)O. The third-order valence-electron chi connectivity index (χ3n) is 4.98. The van der Waals surface area contributed by atoms with Gasteiger partial charge in [0, 0.05) is 12.5 Å². The number of rotatable bonds is 7. The first kappa shape index (κ1) is 23.1. The molecule has 8 heteroatoms. The van der Waals surface area contributed by atoms with Gasteiger partial charge in [-0.15, -0.1) is 0 Å². The van der Waals surface area contributed by atoms with E-state index < -0.39 is 29.8 Å². The van der Waals surface area contributed by atoms with Gasteiger partial charge in [-0.1, -0.05) is 48.5 Å². The van der Waals surface area contributed by atoms with Gasteiger partial charge in [-0.05, 0) is 43.0 Å². The molecule has 0 saturated carbocycles. The number of amides is 2. The van der Waals surface area contributed by atoms with Crippen molar-refractivity contribution in [2.75, 3.05) is 13.2 Å². The molecule has 0 aromatic heterocycles. The van der Waals surface area contributed by atoms with Crippen molar-refractivity contribution in [3.05, 3.63) is 59.7 Å². The maximum absolute atomic E-state index is 12.3. The van der Waals surface area contributed by atoms with E-state index in [1.165, 1.54) is 0 Å². The Bertz CT molecular complexity index is 952. The summed E-state index contributed by atoms with van der Waals surface area (Å²) in [5.41, 5.74) is 3.71. The minimum absolute atomic E-state index is 0.0807. The van der Waals surface area contributed by atoms with E-state index in [4.69, 9.17) is 14.6 Å². The number of alkyl carbamates (subject to hydrolysis) is 2. The van der Waals surface area contributed by atoms with Crippen LogP contribution >= 0.6 is 0 Å².